The summed E-state index contributed by atoms with van der Waals surface area (Å²) in [5.41, 5.74) is 0.211. The number of rotatable bonds is 6. The maximum absolute atomic E-state index is 12.7. The second-order valence-corrected chi connectivity index (χ2v) is 6.93. The van der Waals surface area contributed by atoms with E-state index in [1.54, 1.807) is 21.9 Å². The predicted octanol–water partition coefficient (Wildman–Crippen LogP) is 2.25. The highest BCUT2D eigenvalue weighted by molar-refractivity contribution is 5.95. The molecule has 8 heteroatoms. The number of ether oxygens (including phenoxy) is 2. The molecule has 0 spiro atoms. The largest absolute Gasteiger partial charge is 0.508 e. The van der Waals surface area contributed by atoms with Gasteiger partial charge in [0.15, 0.2) is 18.1 Å². The molecule has 0 atom stereocenters. The summed E-state index contributed by atoms with van der Waals surface area (Å²) in [7, 11) is 0. The fourth-order valence-corrected chi connectivity index (χ4v) is 3.35. The van der Waals surface area contributed by atoms with Crippen LogP contribution in [0.2, 0.25) is 0 Å². The molecule has 1 aliphatic rings. The van der Waals surface area contributed by atoms with Gasteiger partial charge in [0.2, 0.25) is 0 Å². The molecule has 0 bridgehead atoms. The van der Waals surface area contributed by atoms with Crippen LogP contribution >= 0.6 is 0 Å². The summed E-state index contributed by atoms with van der Waals surface area (Å²) in [6.45, 7) is 4.00. The lowest BCUT2D eigenvalue weighted by Crippen LogP contribution is -2.39. The number of phenols is 2. The monoisotopic (exact) mass is 414 g/mol. The van der Waals surface area contributed by atoms with Gasteiger partial charge in [-0.25, -0.2) is 0 Å². The van der Waals surface area contributed by atoms with Gasteiger partial charge in [0.05, 0.1) is 6.61 Å². The first-order valence-corrected chi connectivity index (χ1v) is 9.92. The predicted molar refractivity (Wildman–Crippen MR) is 110 cm³/mol. The van der Waals surface area contributed by atoms with Crippen molar-refractivity contribution in [3.63, 3.8) is 0 Å². The minimum Gasteiger partial charge on any atom is -0.508 e. The number of benzene rings is 2. The van der Waals surface area contributed by atoms with Crippen LogP contribution in [-0.2, 0) is 4.79 Å². The van der Waals surface area contributed by atoms with Crippen LogP contribution in [0.1, 0.15) is 23.7 Å². The molecule has 30 heavy (non-hydrogen) atoms. The molecular weight excluding hydrogens is 388 g/mol. The molecular formula is C22H26N2O6. The number of aromatic hydroxyl groups is 2. The zero-order valence-corrected chi connectivity index (χ0v) is 16.9. The van der Waals surface area contributed by atoms with Crippen molar-refractivity contribution in [2.24, 2.45) is 0 Å². The third-order valence-corrected chi connectivity index (χ3v) is 4.79. The highest BCUT2D eigenvalue weighted by Crippen LogP contribution is 2.26. The SMILES string of the molecule is CCOc1ccccc1OCC(=O)N1CCCN(C(=O)c2cc(O)cc(O)c2)CC1. The topological polar surface area (TPSA) is 99.5 Å². The van der Waals surface area contributed by atoms with Gasteiger partial charge in [0.25, 0.3) is 11.8 Å². The van der Waals surface area contributed by atoms with Crippen LogP contribution < -0.4 is 9.47 Å². The number of hydrogen-bond donors (Lipinski definition) is 2. The Bertz CT molecular complexity index is 881. The number of amides is 2. The van der Waals surface area contributed by atoms with Gasteiger partial charge in [-0.1, -0.05) is 12.1 Å². The molecule has 0 saturated carbocycles. The number of phenolic OH excluding ortho intramolecular Hbond substituents is 2. The smallest absolute Gasteiger partial charge is 0.260 e. The van der Waals surface area contributed by atoms with E-state index in [-0.39, 0.29) is 35.5 Å². The normalized spacial score (nSPS) is 14.2. The number of hydrogen-bond acceptors (Lipinski definition) is 6. The minimum atomic E-state index is -0.294. The van der Waals surface area contributed by atoms with Gasteiger partial charge in [0.1, 0.15) is 11.5 Å². The van der Waals surface area contributed by atoms with Crippen LogP contribution in [0.25, 0.3) is 0 Å². The Hall–Kier alpha value is -3.42. The second kappa shape index (κ2) is 9.87. The van der Waals surface area contributed by atoms with Crippen molar-refractivity contribution < 1.29 is 29.3 Å². The van der Waals surface area contributed by atoms with E-state index in [4.69, 9.17) is 9.47 Å². The maximum Gasteiger partial charge on any atom is 0.260 e. The molecule has 8 nitrogen and oxygen atoms in total. The molecule has 1 fully saturated rings. The van der Waals surface area contributed by atoms with Crippen molar-refractivity contribution in [2.75, 3.05) is 39.4 Å². The molecule has 2 aromatic carbocycles. The molecule has 160 valence electrons. The van der Waals surface area contributed by atoms with Crippen LogP contribution in [0.4, 0.5) is 0 Å². The molecule has 0 aliphatic carbocycles. The average Bonchev–Trinajstić information content (AvgIpc) is 2.98. The van der Waals surface area contributed by atoms with E-state index in [0.29, 0.717) is 50.7 Å². The van der Waals surface area contributed by atoms with Crippen molar-refractivity contribution in [1.29, 1.82) is 0 Å². The summed E-state index contributed by atoms with van der Waals surface area (Å²) >= 11 is 0. The maximum atomic E-state index is 12.7. The van der Waals surface area contributed by atoms with E-state index >= 15 is 0 Å². The first-order valence-electron chi connectivity index (χ1n) is 9.92. The van der Waals surface area contributed by atoms with E-state index in [1.807, 2.05) is 19.1 Å². The molecule has 1 aliphatic heterocycles. The van der Waals surface area contributed by atoms with Crippen LogP contribution in [0.3, 0.4) is 0 Å². The highest BCUT2D eigenvalue weighted by Gasteiger charge is 2.24. The van der Waals surface area contributed by atoms with E-state index in [2.05, 4.69) is 0 Å². The summed E-state index contributed by atoms with van der Waals surface area (Å²) in [5.74, 6) is 0.310. The molecule has 0 aromatic heterocycles. The standard InChI is InChI=1S/C22H26N2O6/c1-2-29-19-6-3-4-7-20(19)30-15-21(27)23-8-5-9-24(11-10-23)22(28)16-12-17(25)14-18(26)13-16/h3-4,6-7,12-14,25-26H,2,5,8-11,15H2,1H3. The zero-order valence-electron chi connectivity index (χ0n) is 16.9. The summed E-state index contributed by atoms with van der Waals surface area (Å²) in [4.78, 5) is 28.6. The van der Waals surface area contributed by atoms with Crippen molar-refractivity contribution in [1.82, 2.24) is 9.80 Å². The van der Waals surface area contributed by atoms with Gasteiger partial charge in [0, 0.05) is 37.8 Å². The Morgan fingerprint density at radius 3 is 2.17 bits per heavy atom. The second-order valence-electron chi connectivity index (χ2n) is 6.93. The number of nitrogens with zero attached hydrogens (tertiary/aromatic N) is 2. The van der Waals surface area contributed by atoms with Gasteiger partial charge in [-0.15, -0.1) is 0 Å². The number of carbonyl (C=O) groups is 2. The van der Waals surface area contributed by atoms with Gasteiger partial charge in [-0.2, -0.15) is 0 Å². The molecule has 2 amide bonds. The lowest BCUT2D eigenvalue weighted by molar-refractivity contribution is -0.133. The molecule has 2 N–H and O–H groups in total. The summed E-state index contributed by atoms with van der Waals surface area (Å²) in [6, 6.07) is 11.0. The molecule has 3 rings (SSSR count). The quantitative estimate of drug-likeness (QED) is 0.752. The Morgan fingerprint density at radius 2 is 1.50 bits per heavy atom. The Morgan fingerprint density at radius 1 is 0.900 bits per heavy atom. The third-order valence-electron chi connectivity index (χ3n) is 4.79. The number of para-hydroxylation sites is 2. The summed E-state index contributed by atoms with van der Waals surface area (Å²) in [6.07, 6.45) is 0.623. The number of carbonyl (C=O) groups excluding carboxylic acids is 2. The Labute approximate surface area is 175 Å². The summed E-state index contributed by atoms with van der Waals surface area (Å²) in [5, 5.41) is 19.2. The van der Waals surface area contributed by atoms with Gasteiger partial charge in [-0.3, -0.25) is 9.59 Å². The molecule has 1 saturated heterocycles. The molecule has 1 heterocycles. The summed E-state index contributed by atoms with van der Waals surface area (Å²) < 4.78 is 11.2. The fraction of sp³-hybridized carbons (Fsp3) is 0.364. The van der Waals surface area contributed by atoms with E-state index in [0.717, 1.165) is 0 Å². The first kappa shape index (κ1) is 21.3. The van der Waals surface area contributed by atoms with Crippen molar-refractivity contribution >= 4 is 11.8 Å². The van der Waals surface area contributed by atoms with E-state index in [1.165, 1.54) is 18.2 Å². The lowest BCUT2D eigenvalue weighted by atomic mass is 10.1. The average molecular weight is 414 g/mol. The van der Waals surface area contributed by atoms with Crippen LogP contribution in [0.15, 0.2) is 42.5 Å². The highest BCUT2D eigenvalue weighted by atomic mass is 16.5. The Kier molecular flexibility index (Phi) is 7.00. The third kappa shape index (κ3) is 5.34. The molecule has 0 unspecified atom stereocenters. The fourth-order valence-electron chi connectivity index (χ4n) is 3.35. The van der Waals surface area contributed by atoms with Crippen molar-refractivity contribution in [2.45, 2.75) is 13.3 Å². The van der Waals surface area contributed by atoms with Gasteiger partial charge in [-0.05, 0) is 37.6 Å². The van der Waals surface area contributed by atoms with Gasteiger partial charge >= 0.3 is 0 Å². The van der Waals surface area contributed by atoms with Crippen LogP contribution in [-0.4, -0.2) is 71.2 Å². The Balaban J connectivity index is 1.57. The van der Waals surface area contributed by atoms with Crippen molar-refractivity contribution in [3.8, 4) is 23.0 Å². The van der Waals surface area contributed by atoms with Gasteiger partial charge < -0.3 is 29.5 Å². The van der Waals surface area contributed by atoms with Crippen LogP contribution in [0, 0.1) is 0 Å². The van der Waals surface area contributed by atoms with E-state index in [9.17, 15) is 19.8 Å². The minimum absolute atomic E-state index is 0.113. The van der Waals surface area contributed by atoms with Crippen LogP contribution in [0.5, 0.6) is 23.0 Å². The van der Waals surface area contributed by atoms with Crippen molar-refractivity contribution in [3.05, 3.63) is 48.0 Å². The first-order chi connectivity index (χ1) is 14.5. The lowest BCUT2D eigenvalue weighted by Gasteiger charge is -2.22. The van der Waals surface area contributed by atoms with E-state index < -0.39 is 0 Å². The molecule has 2 aromatic rings. The zero-order chi connectivity index (χ0) is 21.5. The molecule has 0 radical (unpaired) electrons.